The Balaban J connectivity index is 2.05. The highest BCUT2D eigenvalue weighted by Crippen LogP contribution is 2.39. The van der Waals surface area contributed by atoms with Gasteiger partial charge in [-0.1, -0.05) is 40.2 Å². The molecule has 1 unspecified atom stereocenters. The largest absolute Gasteiger partial charge is 0.508 e. The van der Waals surface area contributed by atoms with Crippen LogP contribution in [0.15, 0.2) is 58.6 Å². The van der Waals surface area contributed by atoms with Gasteiger partial charge < -0.3 is 25.0 Å². The number of nitrogens with zero attached hydrogens (tertiary/aromatic N) is 1. The number of Topliss-reactive ketones (excluding diaryl/α,β-unsaturated/α-hetero) is 1. The first-order valence-corrected chi connectivity index (χ1v) is 9.75. The van der Waals surface area contributed by atoms with Crippen molar-refractivity contribution in [1.82, 2.24) is 4.90 Å². The molecular weight excluding hydrogens is 442 g/mol. The van der Waals surface area contributed by atoms with Crippen LogP contribution in [-0.2, 0) is 14.3 Å². The van der Waals surface area contributed by atoms with Gasteiger partial charge in [0.2, 0.25) is 0 Å². The average Bonchev–Trinajstić information content (AvgIpc) is 2.96. The van der Waals surface area contributed by atoms with E-state index in [0.29, 0.717) is 11.1 Å². The number of hydrogen-bond acceptors (Lipinski definition) is 6. The zero-order valence-corrected chi connectivity index (χ0v) is 17.0. The number of benzene rings is 2. The fraction of sp³-hybridized carbons (Fsp3) is 0.238. The fourth-order valence-corrected chi connectivity index (χ4v) is 3.47. The summed E-state index contributed by atoms with van der Waals surface area (Å²) in [5, 5.41) is 29.3. The van der Waals surface area contributed by atoms with Crippen molar-refractivity contribution >= 4 is 33.4 Å². The van der Waals surface area contributed by atoms with Crippen LogP contribution in [0.2, 0.25) is 0 Å². The molecule has 2 aromatic rings. The van der Waals surface area contributed by atoms with Crippen molar-refractivity contribution in [2.24, 2.45) is 0 Å². The molecular formula is C21H20BrNO6. The highest BCUT2D eigenvalue weighted by atomic mass is 79.9. The van der Waals surface area contributed by atoms with E-state index >= 15 is 0 Å². The number of aliphatic hydroxyl groups is 2. The quantitative estimate of drug-likeness (QED) is 0.253. The van der Waals surface area contributed by atoms with Crippen LogP contribution in [-0.4, -0.2) is 58.3 Å². The monoisotopic (exact) mass is 461 g/mol. The molecule has 2 aromatic carbocycles. The molecule has 3 rings (SSSR count). The highest BCUT2D eigenvalue weighted by molar-refractivity contribution is 9.10. The van der Waals surface area contributed by atoms with Crippen LogP contribution in [0, 0.1) is 0 Å². The van der Waals surface area contributed by atoms with Crippen molar-refractivity contribution in [3.63, 3.8) is 0 Å². The summed E-state index contributed by atoms with van der Waals surface area (Å²) in [4.78, 5) is 26.8. The number of phenols is 1. The summed E-state index contributed by atoms with van der Waals surface area (Å²) < 4.78 is 6.06. The van der Waals surface area contributed by atoms with Crippen LogP contribution in [0.5, 0.6) is 5.75 Å². The molecule has 0 bridgehead atoms. The third-order valence-corrected chi connectivity index (χ3v) is 5.11. The molecule has 0 aliphatic carbocycles. The first kappa shape index (κ1) is 21.0. The van der Waals surface area contributed by atoms with Crippen LogP contribution in [0.4, 0.5) is 0 Å². The Hall–Kier alpha value is -2.68. The van der Waals surface area contributed by atoms with Gasteiger partial charge in [0.05, 0.1) is 31.4 Å². The van der Waals surface area contributed by atoms with Gasteiger partial charge in [0.1, 0.15) is 11.5 Å². The van der Waals surface area contributed by atoms with Crippen molar-refractivity contribution in [3.05, 3.63) is 69.7 Å². The zero-order chi connectivity index (χ0) is 21.0. The van der Waals surface area contributed by atoms with Gasteiger partial charge in [0.15, 0.2) is 0 Å². The normalized spacial score (nSPS) is 18.4. The summed E-state index contributed by atoms with van der Waals surface area (Å²) in [6, 6.07) is 12.0. The fourth-order valence-electron chi connectivity index (χ4n) is 3.21. The molecule has 1 aliphatic rings. The van der Waals surface area contributed by atoms with Crippen LogP contribution in [0.1, 0.15) is 17.2 Å². The standard InChI is InChI=1S/C21H20BrNO6/c22-15-5-1-14(2-6-15)19(26)17-18(13-3-7-16(25)8-4-13)23(21(28)20(17)27)9-11-29-12-10-24/h1-8,18,24-26H,9-12H2. The van der Waals surface area contributed by atoms with Gasteiger partial charge in [-0.25, -0.2) is 0 Å². The molecule has 1 fully saturated rings. The first-order chi connectivity index (χ1) is 13.9. The lowest BCUT2D eigenvalue weighted by molar-refractivity contribution is -0.140. The van der Waals surface area contributed by atoms with Gasteiger partial charge >= 0.3 is 0 Å². The van der Waals surface area contributed by atoms with E-state index in [0.717, 1.165) is 4.47 Å². The summed E-state index contributed by atoms with van der Waals surface area (Å²) in [6.07, 6.45) is 0. The molecule has 0 aromatic heterocycles. The molecule has 0 saturated carbocycles. The van der Waals surface area contributed by atoms with Gasteiger partial charge in [0.25, 0.3) is 11.7 Å². The molecule has 29 heavy (non-hydrogen) atoms. The summed E-state index contributed by atoms with van der Waals surface area (Å²) in [7, 11) is 0. The minimum atomic E-state index is -0.822. The number of hydrogen-bond donors (Lipinski definition) is 3. The predicted octanol–water partition coefficient (Wildman–Crippen LogP) is 2.59. The molecule has 3 N–H and O–H groups in total. The molecule has 1 heterocycles. The number of halogens is 1. The number of carbonyl (C=O) groups excluding carboxylic acids is 2. The molecule has 0 spiro atoms. The van der Waals surface area contributed by atoms with Crippen LogP contribution >= 0.6 is 15.9 Å². The maximum atomic E-state index is 12.8. The van der Waals surface area contributed by atoms with Crippen molar-refractivity contribution in [2.75, 3.05) is 26.4 Å². The molecule has 0 radical (unpaired) electrons. The number of likely N-dealkylation sites (tertiary alicyclic amines) is 1. The number of aromatic hydroxyl groups is 1. The topological polar surface area (TPSA) is 107 Å². The molecule has 1 aliphatic heterocycles. The van der Waals surface area contributed by atoms with Gasteiger partial charge in [0, 0.05) is 16.6 Å². The van der Waals surface area contributed by atoms with Crippen LogP contribution < -0.4 is 0 Å². The Kier molecular flexibility index (Phi) is 6.68. The van der Waals surface area contributed by atoms with Gasteiger partial charge in [-0.15, -0.1) is 0 Å². The predicted molar refractivity (Wildman–Crippen MR) is 109 cm³/mol. The van der Waals surface area contributed by atoms with E-state index < -0.39 is 17.7 Å². The Labute approximate surface area is 176 Å². The molecule has 7 nitrogen and oxygen atoms in total. The number of phenolic OH excluding ortho intramolecular Hbond substituents is 1. The number of rotatable bonds is 7. The number of ketones is 1. The minimum absolute atomic E-state index is 0.0230. The van der Waals surface area contributed by atoms with E-state index in [1.54, 1.807) is 36.4 Å². The summed E-state index contributed by atoms with van der Waals surface area (Å²) in [6.45, 7) is 0.199. The Morgan fingerprint density at radius 2 is 1.69 bits per heavy atom. The summed E-state index contributed by atoms with van der Waals surface area (Å²) >= 11 is 3.32. The third kappa shape index (κ3) is 4.50. The number of carbonyl (C=O) groups is 2. The van der Waals surface area contributed by atoms with Crippen molar-refractivity contribution < 1.29 is 29.6 Å². The molecule has 1 saturated heterocycles. The molecule has 1 atom stereocenters. The minimum Gasteiger partial charge on any atom is -0.508 e. The molecule has 152 valence electrons. The van der Waals surface area contributed by atoms with E-state index in [1.165, 1.54) is 17.0 Å². The van der Waals surface area contributed by atoms with E-state index in [-0.39, 0.29) is 43.4 Å². The van der Waals surface area contributed by atoms with E-state index in [9.17, 15) is 19.8 Å². The van der Waals surface area contributed by atoms with E-state index in [1.807, 2.05) is 0 Å². The lowest BCUT2D eigenvalue weighted by Crippen LogP contribution is -2.33. The van der Waals surface area contributed by atoms with Crippen LogP contribution in [0.25, 0.3) is 5.76 Å². The van der Waals surface area contributed by atoms with Crippen molar-refractivity contribution in [3.8, 4) is 5.75 Å². The van der Waals surface area contributed by atoms with Crippen molar-refractivity contribution in [1.29, 1.82) is 0 Å². The summed E-state index contributed by atoms with van der Waals surface area (Å²) in [5.41, 5.74) is 0.958. The number of aliphatic hydroxyl groups excluding tert-OH is 2. The molecule has 8 heteroatoms. The summed E-state index contributed by atoms with van der Waals surface area (Å²) in [5.74, 6) is -1.75. The second kappa shape index (κ2) is 9.21. The Morgan fingerprint density at radius 1 is 1.03 bits per heavy atom. The number of ether oxygens (including phenoxy) is 1. The van der Waals surface area contributed by atoms with Gasteiger partial charge in [-0.3, -0.25) is 9.59 Å². The lowest BCUT2D eigenvalue weighted by Gasteiger charge is -2.25. The lowest BCUT2D eigenvalue weighted by atomic mass is 9.95. The smallest absolute Gasteiger partial charge is 0.295 e. The first-order valence-electron chi connectivity index (χ1n) is 8.96. The number of amides is 1. The second-order valence-electron chi connectivity index (χ2n) is 6.43. The van der Waals surface area contributed by atoms with E-state index in [2.05, 4.69) is 15.9 Å². The SMILES string of the molecule is O=C1C(=O)N(CCOCCO)C(c2ccc(O)cc2)C1=C(O)c1ccc(Br)cc1. The second-order valence-corrected chi connectivity index (χ2v) is 7.34. The third-order valence-electron chi connectivity index (χ3n) is 4.58. The van der Waals surface area contributed by atoms with Gasteiger partial charge in [-0.2, -0.15) is 0 Å². The highest BCUT2D eigenvalue weighted by Gasteiger charge is 2.45. The Morgan fingerprint density at radius 3 is 2.31 bits per heavy atom. The zero-order valence-electron chi connectivity index (χ0n) is 15.4. The van der Waals surface area contributed by atoms with Crippen LogP contribution in [0.3, 0.4) is 0 Å². The van der Waals surface area contributed by atoms with E-state index in [4.69, 9.17) is 9.84 Å². The average molecular weight is 462 g/mol. The maximum absolute atomic E-state index is 12.8. The maximum Gasteiger partial charge on any atom is 0.295 e. The molecule has 1 amide bonds. The Bertz CT molecular complexity index is 923. The van der Waals surface area contributed by atoms with Crippen molar-refractivity contribution in [2.45, 2.75) is 6.04 Å². The van der Waals surface area contributed by atoms with Gasteiger partial charge in [-0.05, 0) is 29.8 Å².